The number of piperidine rings is 1. The molecule has 170 valence electrons. The fourth-order valence-corrected chi connectivity index (χ4v) is 5.90. The molecular formula is C22H27N5O4S. The first kappa shape index (κ1) is 21.1. The Hall–Kier alpha value is -2.72. The van der Waals surface area contributed by atoms with Gasteiger partial charge in [0.25, 0.3) is 0 Å². The Bertz CT molecular complexity index is 1290. The number of hydrogen-bond donors (Lipinski definition) is 1. The van der Waals surface area contributed by atoms with Crippen LogP contribution >= 0.6 is 0 Å². The number of aryl methyl sites for hydroxylation is 2. The SMILES string of the molecule is Cc1noc(C)c1-c1ccc2c(c1)nc([C@H]1CCCC(=O)N1)n2[C@@H]1CCN(S(C)(=O)=O)C1. The second kappa shape index (κ2) is 7.70. The molecule has 4 heterocycles. The first-order chi connectivity index (χ1) is 15.2. The van der Waals surface area contributed by atoms with E-state index in [9.17, 15) is 13.2 Å². The van der Waals surface area contributed by atoms with Crippen LogP contribution in [0.3, 0.4) is 0 Å². The smallest absolute Gasteiger partial charge is 0.220 e. The standard InChI is InChI=1S/C22H27N5O4S/c1-13-21(14(2)31-25-13)15-7-8-19-18(11-15)24-22(17-5-4-6-20(28)23-17)27(19)16-9-10-26(12-16)32(3,29)30/h7-8,11,16-17H,4-6,9-10,12H2,1-3H3,(H,23,28)/t16-,17-/m1/s1. The summed E-state index contributed by atoms with van der Waals surface area (Å²) in [5.74, 6) is 1.57. The van der Waals surface area contributed by atoms with Crippen molar-refractivity contribution < 1.29 is 17.7 Å². The fraction of sp³-hybridized carbons (Fsp3) is 0.500. The van der Waals surface area contributed by atoms with Gasteiger partial charge in [-0.25, -0.2) is 17.7 Å². The molecule has 5 rings (SSSR count). The van der Waals surface area contributed by atoms with Crippen LogP contribution in [0.25, 0.3) is 22.2 Å². The summed E-state index contributed by atoms with van der Waals surface area (Å²) in [6.07, 6.45) is 4.11. The summed E-state index contributed by atoms with van der Waals surface area (Å²) in [5, 5.41) is 7.14. The molecule has 3 aromatic rings. The third-order valence-corrected chi connectivity index (χ3v) is 7.81. The van der Waals surface area contributed by atoms with Crippen LogP contribution in [0.2, 0.25) is 0 Å². The highest BCUT2D eigenvalue weighted by atomic mass is 32.2. The number of sulfonamides is 1. The lowest BCUT2D eigenvalue weighted by Crippen LogP contribution is -2.35. The van der Waals surface area contributed by atoms with E-state index >= 15 is 0 Å². The van der Waals surface area contributed by atoms with Gasteiger partial charge in [0, 0.05) is 25.1 Å². The van der Waals surface area contributed by atoms with Crippen molar-refractivity contribution in [3.8, 4) is 11.1 Å². The summed E-state index contributed by atoms with van der Waals surface area (Å²) in [5.41, 5.74) is 4.51. The van der Waals surface area contributed by atoms with Crippen LogP contribution in [0.1, 0.15) is 55.0 Å². The van der Waals surface area contributed by atoms with E-state index in [0.717, 1.165) is 52.3 Å². The number of amides is 1. The number of carbonyl (C=O) groups is 1. The van der Waals surface area contributed by atoms with Gasteiger partial charge in [-0.05, 0) is 50.8 Å². The lowest BCUT2D eigenvalue weighted by Gasteiger charge is -2.26. The molecule has 2 aliphatic rings. The van der Waals surface area contributed by atoms with Crippen LogP contribution in [0.5, 0.6) is 0 Å². The minimum Gasteiger partial charge on any atom is -0.361 e. The number of imidazole rings is 1. The molecule has 9 nitrogen and oxygen atoms in total. The van der Waals surface area contributed by atoms with E-state index in [2.05, 4.69) is 15.0 Å². The minimum absolute atomic E-state index is 0.0282. The summed E-state index contributed by atoms with van der Waals surface area (Å²) >= 11 is 0. The van der Waals surface area contributed by atoms with Crippen LogP contribution < -0.4 is 5.32 Å². The molecule has 0 radical (unpaired) electrons. The van der Waals surface area contributed by atoms with Gasteiger partial charge >= 0.3 is 0 Å². The van der Waals surface area contributed by atoms with E-state index in [1.54, 1.807) is 0 Å². The van der Waals surface area contributed by atoms with Gasteiger partial charge in [0.2, 0.25) is 15.9 Å². The number of benzene rings is 1. The number of aromatic nitrogens is 3. The van der Waals surface area contributed by atoms with E-state index in [1.165, 1.54) is 10.6 Å². The Morgan fingerprint density at radius 1 is 1.22 bits per heavy atom. The lowest BCUT2D eigenvalue weighted by atomic mass is 10.0. The van der Waals surface area contributed by atoms with Crippen LogP contribution in [0.15, 0.2) is 22.7 Å². The van der Waals surface area contributed by atoms with E-state index in [-0.39, 0.29) is 18.0 Å². The molecule has 2 saturated heterocycles. The van der Waals surface area contributed by atoms with Crippen molar-refractivity contribution in [2.75, 3.05) is 19.3 Å². The number of nitrogens with one attached hydrogen (secondary N) is 1. The van der Waals surface area contributed by atoms with Crippen LogP contribution in [0, 0.1) is 13.8 Å². The van der Waals surface area contributed by atoms with E-state index in [0.29, 0.717) is 25.9 Å². The van der Waals surface area contributed by atoms with Gasteiger partial charge in [0.15, 0.2) is 0 Å². The van der Waals surface area contributed by atoms with Gasteiger partial charge in [-0.3, -0.25) is 4.79 Å². The monoisotopic (exact) mass is 457 g/mol. The van der Waals surface area contributed by atoms with Crippen molar-refractivity contribution in [2.24, 2.45) is 0 Å². The molecule has 1 aromatic carbocycles. The lowest BCUT2D eigenvalue weighted by molar-refractivity contribution is -0.123. The zero-order valence-electron chi connectivity index (χ0n) is 18.5. The number of rotatable bonds is 4. The Morgan fingerprint density at radius 3 is 2.69 bits per heavy atom. The second-order valence-electron chi connectivity index (χ2n) is 8.82. The van der Waals surface area contributed by atoms with Gasteiger partial charge in [-0.1, -0.05) is 11.2 Å². The molecule has 1 N–H and O–H groups in total. The maximum atomic E-state index is 12.1. The molecule has 1 amide bonds. The van der Waals surface area contributed by atoms with Crippen molar-refractivity contribution >= 4 is 27.0 Å². The Labute approximate surface area is 186 Å². The van der Waals surface area contributed by atoms with E-state index < -0.39 is 10.0 Å². The Morgan fingerprint density at radius 2 is 2.03 bits per heavy atom. The average molecular weight is 458 g/mol. The molecule has 0 unspecified atom stereocenters. The molecule has 2 aromatic heterocycles. The normalized spacial score (nSPS) is 22.5. The molecular weight excluding hydrogens is 430 g/mol. The predicted molar refractivity (Wildman–Crippen MR) is 120 cm³/mol. The van der Waals surface area contributed by atoms with Crippen LogP contribution in [-0.4, -0.2) is 52.7 Å². The number of fused-ring (bicyclic) bond motifs is 1. The topological polar surface area (TPSA) is 110 Å². The zero-order chi connectivity index (χ0) is 22.6. The predicted octanol–water partition coefficient (Wildman–Crippen LogP) is 2.86. The highest BCUT2D eigenvalue weighted by Crippen LogP contribution is 2.36. The molecule has 2 fully saturated rings. The highest BCUT2D eigenvalue weighted by Gasteiger charge is 2.34. The third-order valence-electron chi connectivity index (χ3n) is 6.54. The van der Waals surface area contributed by atoms with Gasteiger partial charge in [-0.15, -0.1) is 0 Å². The highest BCUT2D eigenvalue weighted by molar-refractivity contribution is 7.88. The Balaban J connectivity index is 1.63. The van der Waals surface area contributed by atoms with E-state index in [4.69, 9.17) is 9.51 Å². The summed E-state index contributed by atoms with van der Waals surface area (Å²) in [7, 11) is -3.26. The molecule has 2 aliphatic heterocycles. The summed E-state index contributed by atoms with van der Waals surface area (Å²) in [6.45, 7) is 4.69. The van der Waals surface area contributed by atoms with Gasteiger partial charge < -0.3 is 14.4 Å². The van der Waals surface area contributed by atoms with Gasteiger partial charge in [-0.2, -0.15) is 0 Å². The van der Waals surface area contributed by atoms with Crippen molar-refractivity contribution in [3.63, 3.8) is 0 Å². The summed E-state index contributed by atoms with van der Waals surface area (Å²) in [6, 6.07) is 5.86. The molecule has 0 saturated carbocycles. The molecule has 32 heavy (non-hydrogen) atoms. The zero-order valence-corrected chi connectivity index (χ0v) is 19.3. The average Bonchev–Trinajstić information content (AvgIpc) is 3.44. The van der Waals surface area contributed by atoms with Gasteiger partial charge in [0.1, 0.15) is 11.6 Å². The first-order valence-electron chi connectivity index (χ1n) is 10.9. The minimum atomic E-state index is -3.26. The maximum absolute atomic E-state index is 12.1. The maximum Gasteiger partial charge on any atom is 0.220 e. The number of hydrogen-bond acceptors (Lipinski definition) is 6. The number of carbonyl (C=O) groups excluding carboxylic acids is 1. The van der Waals surface area contributed by atoms with Crippen molar-refractivity contribution in [1.29, 1.82) is 0 Å². The number of nitrogens with zero attached hydrogens (tertiary/aromatic N) is 4. The summed E-state index contributed by atoms with van der Waals surface area (Å²) in [4.78, 5) is 17.1. The molecule has 0 spiro atoms. The van der Waals surface area contributed by atoms with Crippen LogP contribution in [-0.2, 0) is 14.8 Å². The quantitative estimate of drug-likeness (QED) is 0.645. The molecule has 10 heteroatoms. The van der Waals surface area contributed by atoms with Crippen LogP contribution in [0.4, 0.5) is 0 Å². The van der Waals surface area contributed by atoms with E-state index in [1.807, 2.05) is 32.0 Å². The van der Waals surface area contributed by atoms with Crippen molar-refractivity contribution in [1.82, 2.24) is 24.3 Å². The van der Waals surface area contributed by atoms with Crippen molar-refractivity contribution in [2.45, 2.75) is 51.6 Å². The second-order valence-corrected chi connectivity index (χ2v) is 10.8. The third kappa shape index (κ3) is 3.61. The molecule has 2 atom stereocenters. The van der Waals surface area contributed by atoms with Crippen molar-refractivity contribution in [3.05, 3.63) is 35.5 Å². The fourth-order valence-electron chi connectivity index (χ4n) is 5.02. The molecule has 0 aliphatic carbocycles. The summed E-state index contributed by atoms with van der Waals surface area (Å²) < 4.78 is 33.2. The molecule has 0 bridgehead atoms. The Kier molecular flexibility index (Phi) is 5.09. The largest absolute Gasteiger partial charge is 0.361 e. The first-order valence-corrected chi connectivity index (χ1v) is 12.8. The van der Waals surface area contributed by atoms with Gasteiger partial charge in [0.05, 0.1) is 35.1 Å².